The van der Waals surface area contributed by atoms with Gasteiger partial charge in [0.1, 0.15) is 5.75 Å². The molecule has 1 unspecified atom stereocenters. The van der Waals surface area contributed by atoms with Gasteiger partial charge in [0.25, 0.3) is 0 Å². The van der Waals surface area contributed by atoms with Gasteiger partial charge < -0.3 is 10.1 Å². The van der Waals surface area contributed by atoms with Crippen molar-refractivity contribution in [3.63, 3.8) is 0 Å². The summed E-state index contributed by atoms with van der Waals surface area (Å²) in [7, 11) is 1.86. The average Bonchev–Trinajstić information content (AvgIpc) is 2.43. The molecule has 0 aliphatic rings. The van der Waals surface area contributed by atoms with Crippen molar-refractivity contribution in [3.8, 4) is 11.5 Å². The second kappa shape index (κ2) is 6.04. The Morgan fingerprint density at radius 1 is 1.11 bits per heavy atom. The molecule has 2 aromatic carbocycles. The van der Waals surface area contributed by atoms with Crippen molar-refractivity contribution in [2.45, 2.75) is 13.0 Å². The fraction of sp³-hybridized carbons (Fsp3) is 0.200. The lowest BCUT2D eigenvalue weighted by Crippen LogP contribution is -2.13. The zero-order valence-electron chi connectivity index (χ0n) is 10.8. The van der Waals surface area contributed by atoms with Crippen molar-refractivity contribution in [1.29, 1.82) is 0 Å². The second-order valence-electron chi connectivity index (χ2n) is 4.20. The quantitative estimate of drug-likeness (QED) is 0.886. The van der Waals surface area contributed by atoms with Crippen molar-refractivity contribution in [1.82, 2.24) is 5.32 Å². The highest BCUT2D eigenvalue weighted by molar-refractivity contribution is 6.30. The normalized spacial score (nSPS) is 12.2. The molecule has 0 aromatic heterocycles. The molecule has 0 amide bonds. The van der Waals surface area contributed by atoms with Crippen LogP contribution in [0.15, 0.2) is 42.5 Å². The van der Waals surface area contributed by atoms with E-state index in [-0.39, 0.29) is 16.8 Å². The topological polar surface area (TPSA) is 21.3 Å². The SMILES string of the molecule is CNC(C)c1ccccc1Oc1cccc(Cl)c1F. The van der Waals surface area contributed by atoms with E-state index in [1.807, 2.05) is 38.2 Å². The van der Waals surface area contributed by atoms with Gasteiger partial charge in [-0.15, -0.1) is 0 Å². The van der Waals surface area contributed by atoms with E-state index in [1.54, 1.807) is 12.1 Å². The van der Waals surface area contributed by atoms with Crippen LogP contribution in [0, 0.1) is 5.82 Å². The lowest BCUT2D eigenvalue weighted by molar-refractivity contribution is 0.432. The van der Waals surface area contributed by atoms with E-state index in [4.69, 9.17) is 16.3 Å². The van der Waals surface area contributed by atoms with E-state index in [9.17, 15) is 4.39 Å². The first-order valence-electron chi connectivity index (χ1n) is 6.01. The van der Waals surface area contributed by atoms with Gasteiger partial charge in [0, 0.05) is 11.6 Å². The summed E-state index contributed by atoms with van der Waals surface area (Å²) >= 11 is 5.74. The lowest BCUT2D eigenvalue weighted by Gasteiger charge is -2.16. The molecule has 0 aliphatic carbocycles. The third-order valence-electron chi connectivity index (χ3n) is 2.95. The standard InChI is InChI=1S/C15H15ClFNO/c1-10(18-2)11-6-3-4-8-13(11)19-14-9-5-7-12(16)15(14)17/h3-10,18H,1-2H3. The van der Waals surface area contributed by atoms with Crippen LogP contribution in [-0.4, -0.2) is 7.05 Å². The second-order valence-corrected chi connectivity index (χ2v) is 4.61. The fourth-order valence-corrected chi connectivity index (χ4v) is 1.93. The molecule has 0 heterocycles. The number of nitrogens with one attached hydrogen (secondary N) is 1. The molecule has 1 atom stereocenters. The van der Waals surface area contributed by atoms with Gasteiger partial charge >= 0.3 is 0 Å². The van der Waals surface area contributed by atoms with Crippen LogP contribution in [0.5, 0.6) is 11.5 Å². The lowest BCUT2D eigenvalue weighted by atomic mass is 10.1. The molecule has 100 valence electrons. The van der Waals surface area contributed by atoms with Crippen LogP contribution in [0.3, 0.4) is 0 Å². The Labute approximate surface area is 117 Å². The Hall–Kier alpha value is -1.58. The van der Waals surface area contributed by atoms with Crippen molar-refractivity contribution < 1.29 is 9.13 Å². The van der Waals surface area contributed by atoms with Crippen molar-refractivity contribution in [2.75, 3.05) is 7.05 Å². The Morgan fingerprint density at radius 3 is 2.53 bits per heavy atom. The Morgan fingerprint density at radius 2 is 1.79 bits per heavy atom. The maximum absolute atomic E-state index is 13.8. The van der Waals surface area contributed by atoms with Crippen molar-refractivity contribution in [3.05, 3.63) is 58.9 Å². The molecule has 0 fully saturated rings. The summed E-state index contributed by atoms with van der Waals surface area (Å²) in [5, 5.41) is 3.19. The van der Waals surface area contributed by atoms with E-state index in [2.05, 4.69) is 5.32 Å². The molecule has 4 heteroatoms. The molecule has 0 saturated heterocycles. The molecule has 1 N–H and O–H groups in total. The predicted octanol–water partition coefficient (Wildman–Crippen LogP) is 4.55. The minimum atomic E-state index is -0.545. The Balaban J connectivity index is 2.36. The smallest absolute Gasteiger partial charge is 0.184 e. The highest BCUT2D eigenvalue weighted by Gasteiger charge is 2.13. The molecule has 2 nitrogen and oxygen atoms in total. The van der Waals surface area contributed by atoms with Gasteiger partial charge in [-0.1, -0.05) is 35.9 Å². The number of para-hydroxylation sites is 1. The van der Waals surface area contributed by atoms with Crippen LogP contribution in [0.4, 0.5) is 4.39 Å². The van der Waals surface area contributed by atoms with Gasteiger partial charge in [-0.2, -0.15) is 0 Å². The molecule has 0 aliphatic heterocycles. The molecular weight excluding hydrogens is 265 g/mol. The van der Waals surface area contributed by atoms with Gasteiger partial charge in [-0.3, -0.25) is 0 Å². The highest BCUT2D eigenvalue weighted by Crippen LogP contribution is 2.32. The molecule has 2 rings (SSSR count). The van der Waals surface area contributed by atoms with Crippen LogP contribution in [-0.2, 0) is 0 Å². The minimum Gasteiger partial charge on any atom is -0.454 e. The van der Waals surface area contributed by atoms with Gasteiger partial charge in [0.2, 0.25) is 0 Å². The van der Waals surface area contributed by atoms with Crippen LogP contribution in [0.2, 0.25) is 5.02 Å². The minimum absolute atomic E-state index is 0.0525. The third kappa shape index (κ3) is 3.06. The van der Waals surface area contributed by atoms with Crippen molar-refractivity contribution in [2.24, 2.45) is 0 Å². The summed E-state index contributed by atoms with van der Waals surface area (Å²) in [6.45, 7) is 2.01. The van der Waals surface area contributed by atoms with Crippen LogP contribution >= 0.6 is 11.6 Å². The summed E-state index contributed by atoms with van der Waals surface area (Å²) in [5.41, 5.74) is 0.962. The molecule has 0 saturated carbocycles. The summed E-state index contributed by atoms with van der Waals surface area (Å²) in [4.78, 5) is 0. The maximum atomic E-state index is 13.8. The first-order valence-corrected chi connectivity index (χ1v) is 6.39. The molecule has 0 spiro atoms. The van der Waals surface area contributed by atoms with Crippen LogP contribution < -0.4 is 10.1 Å². The highest BCUT2D eigenvalue weighted by atomic mass is 35.5. The average molecular weight is 280 g/mol. The number of hydrogen-bond acceptors (Lipinski definition) is 2. The Bertz CT molecular complexity index is 574. The number of ether oxygens (including phenoxy) is 1. The van der Waals surface area contributed by atoms with Crippen LogP contribution in [0.25, 0.3) is 0 Å². The van der Waals surface area contributed by atoms with E-state index in [0.717, 1.165) is 5.56 Å². The summed E-state index contributed by atoms with van der Waals surface area (Å²) in [5.74, 6) is 0.199. The van der Waals surface area contributed by atoms with E-state index < -0.39 is 5.82 Å². The maximum Gasteiger partial charge on any atom is 0.184 e. The van der Waals surface area contributed by atoms with Gasteiger partial charge in [0.05, 0.1) is 5.02 Å². The number of halogens is 2. The fourth-order valence-electron chi connectivity index (χ4n) is 1.77. The van der Waals surface area contributed by atoms with E-state index >= 15 is 0 Å². The van der Waals surface area contributed by atoms with E-state index in [0.29, 0.717) is 5.75 Å². The van der Waals surface area contributed by atoms with Gasteiger partial charge in [-0.25, -0.2) is 4.39 Å². The molecule has 0 bridgehead atoms. The van der Waals surface area contributed by atoms with Gasteiger partial charge in [-0.05, 0) is 32.2 Å². The zero-order valence-corrected chi connectivity index (χ0v) is 11.5. The number of rotatable bonds is 4. The largest absolute Gasteiger partial charge is 0.454 e. The summed E-state index contributed by atoms with van der Waals surface area (Å²) < 4.78 is 19.5. The first kappa shape index (κ1) is 13.8. The summed E-state index contributed by atoms with van der Waals surface area (Å²) in [6, 6.07) is 12.3. The Kier molecular flexibility index (Phi) is 4.40. The first-order chi connectivity index (χ1) is 9.13. The van der Waals surface area contributed by atoms with E-state index in [1.165, 1.54) is 6.07 Å². The molecule has 19 heavy (non-hydrogen) atoms. The molecule has 2 aromatic rings. The zero-order chi connectivity index (χ0) is 13.8. The number of benzene rings is 2. The summed E-state index contributed by atoms with van der Waals surface area (Å²) in [6.07, 6.45) is 0. The van der Waals surface area contributed by atoms with Crippen LogP contribution in [0.1, 0.15) is 18.5 Å². The predicted molar refractivity (Wildman–Crippen MR) is 75.4 cm³/mol. The molecule has 0 radical (unpaired) electrons. The van der Waals surface area contributed by atoms with Gasteiger partial charge in [0.15, 0.2) is 11.6 Å². The third-order valence-corrected chi connectivity index (χ3v) is 3.25. The number of hydrogen-bond donors (Lipinski definition) is 1. The molecular formula is C15H15ClFNO. The van der Waals surface area contributed by atoms with Crippen molar-refractivity contribution >= 4 is 11.6 Å². The monoisotopic (exact) mass is 279 g/mol.